The van der Waals surface area contributed by atoms with Gasteiger partial charge in [0.2, 0.25) is 5.91 Å². The zero-order chi connectivity index (χ0) is 12.1. The minimum Gasteiger partial charge on any atom is -0.511 e. The molecule has 0 aromatic rings. The normalized spacial score (nSPS) is 21.8. The van der Waals surface area contributed by atoms with Gasteiger partial charge < -0.3 is 14.7 Å². The Morgan fingerprint density at radius 3 is 2.71 bits per heavy atom. The van der Waals surface area contributed by atoms with Crippen molar-refractivity contribution in [3.63, 3.8) is 0 Å². The summed E-state index contributed by atoms with van der Waals surface area (Å²) in [5.41, 5.74) is 0. The average molecular weight is 257 g/mol. The highest BCUT2D eigenvalue weighted by Gasteiger charge is 2.19. The van der Waals surface area contributed by atoms with Crippen molar-refractivity contribution >= 4 is 17.7 Å². The van der Waals surface area contributed by atoms with E-state index in [1.165, 1.54) is 11.8 Å². The lowest BCUT2D eigenvalue weighted by Gasteiger charge is -2.27. The van der Waals surface area contributed by atoms with Gasteiger partial charge >= 0.3 is 0 Å². The number of carbonyl (C=O) groups excluding carboxylic acids is 1. The first kappa shape index (κ1) is 12.8. The Morgan fingerprint density at radius 2 is 2.00 bits per heavy atom. The van der Waals surface area contributed by atoms with Gasteiger partial charge in [-0.05, 0) is 19.3 Å². The highest BCUT2D eigenvalue weighted by atomic mass is 32.2. The largest absolute Gasteiger partial charge is 0.511 e. The van der Waals surface area contributed by atoms with E-state index in [9.17, 15) is 9.90 Å². The maximum atomic E-state index is 11.9. The summed E-state index contributed by atoms with van der Waals surface area (Å²) in [4.78, 5) is 14.7. The van der Waals surface area contributed by atoms with Crippen LogP contribution in [0.4, 0.5) is 0 Å². The van der Waals surface area contributed by atoms with Gasteiger partial charge in [-0.15, -0.1) is 11.8 Å². The molecule has 4 nitrogen and oxygen atoms in total. The molecule has 0 aromatic heterocycles. The number of morpholine rings is 1. The standard InChI is InChI=1S/C12H19NO3S/c14-10-3-1-2-4-11(10)17-9-12(15)13-5-7-16-8-6-13/h14H,1-9H2. The molecule has 0 radical (unpaired) electrons. The van der Waals surface area contributed by atoms with Crippen molar-refractivity contribution in [2.24, 2.45) is 0 Å². The smallest absolute Gasteiger partial charge is 0.233 e. The number of allylic oxidation sites excluding steroid dienone is 2. The number of hydrogen-bond acceptors (Lipinski definition) is 4. The fourth-order valence-corrected chi connectivity index (χ4v) is 3.11. The number of nitrogens with zero attached hydrogens (tertiary/aromatic N) is 1. The van der Waals surface area contributed by atoms with Crippen LogP contribution in [0.25, 0.3) is 0 Å². The van der Waals surface area contributed by atoms with E-state index in [1.54, 1.807) is 0 Å². The lowest BCUT2D eigenvalue weighted by molar-refractivity contribution is -0.132. The molecule has 1 amide bonds. The minimum atomic E-state index is 0.157. The van der Waals surface area contributed by atoms with E-state index in [2.05, 4.69) is 0 Å². The van der Waals surface area contributed by atoms with Crippen molar-refractivity contribution in [3.8, 4) is 0 Å². The molecule has 17 heavy (non-hydrogen) atoms. The fourth-order valence-electron chi connectivity index (χ4n) is 2.07. The second kappa shape index (κ2) is 6.31. The van der Waals surface area contributed by atoms with E-state index in [1.807, 2.05) is 4.90 Å². The number of carbonyl (C=O) groups is 1. The quantitative estimate of drug-likeness (QED) is 0.839. The minimum absolute atomic E-state index is 0.157. The molecule has 1 aliphatic heterocycles. The summed E-state index contributed by atoms with van der Waals surface area (Å²) in [6, 6.07) is 0. The van der Waals surface area contributed by atoms with Crippen LogP contribution < -0.4 is 0 Å². The second-order valence-corrected chi connectivity index (χ2v) is 5.43. The molecule has 0 atom stereocenters. The van der Waals surface area contributed by atoms with Crippen molar-refractivity contribution in [2.75, 3.05) is 32.1 Å². The van der Waals surface area contributed by atoms with Crippen molar-refractivity contribution in [3.05, 3.63) is 10.7 Å². The molecule has 2 aliphatic rings. The highest BCUT2D eigenvalue weighted by Crippen LogP contribution is 2.31. The van der Waals surface area contributed by atoms with Crippen molar-refractivity contribution in [1.82, 2.24) is 4.90 Å². The predicted molar refractivity (Wildman–Crippen MR) is 68.0 cm³/mol. The topological polar surface area (TPSA) is 49.8 Å². The molecular formula is C12H19NO3S. The summed E-state index contributed by atoms with van der Waals surface area (Å²) < 4.78 is 5.21. The zero-order valence-corrected chi connectivity index (χ0v) is 10.8. The molecule has 0 aromatic carbocycles. The molecule has 0 saturated carbocycles. The number of aliphatic hydroxyl groups is 1. The van der Waals surface area contributed by atoms with Gasteiger partial charge in [-0.25, -0.2) is 0 Å². The van der Waals surface area contributed by atoms with Gasteiger partial charge in [-0.3, -0.25) is 4.79 Å². The number of thioether (sulfide) groups is 1. The van der Waals surface area contributed by atoms with Crippen LogP contribution in [0.5, 0.6) is 0 Å². The van der Waals surface area contributed by atoms with Crippen LogP contribution in [0.2, 0.25) is 0 Å². The van der Waals surface area contributed by atoms with Gasteiger partial charge in [-0.2, -0.15) is 0 Å². The first-order chi connectivity index (χ1) is 8.27. The summed E-state index contributed by atoms with van der Waals surface area (Å²) in [7, 11) is 0. The fraction of sp³-hybridized carbons (Fsp3) is 0.750. The summed E-state index contributed by atoms with van der Waals surface area (Å²) in [6.07, 6.45) is 3.88. The van der Waals surface area contributed by atoms with E-state index >= 15 is 0 Å². The molecule has 2 rings (SSSR count). The van der Waals surface area contributed by atoms with E-state index < -0.39 is 0 Å². The molecule has 0 bridgehead atoms. The van der Waals surface area contributed by atoms with E-state index in [4.69, 9.17) is 4.74 Å². The van der Waals surface area contributed by atoms with E-state index in [0.717, 1.165) is 30.6 Å². The number of amides is 1. The third-order valence-electron chi connectivity index (χ3n) is 3.12. The number of rotatable bonds is 3. The molecule has 1 aliphatic carbocycles. The van der Waals surface area contributed by atoms with Crippen LogP contribution in [0, 0.1) is 0 Å². The first-order valence-electron chi connectivity index (χ1n) is 6.16. The monoisotopic (exact) mass is 257 g/mol. The summed E-state index contributed by atoms with van der Waals surface area (Å²) >= 11 is 1.50. The van der Waals surface area contributed by atoms with Crippen LogP contribution in [-0.2, 0) is 9.53 Å². The highest BCUT2D eigenvalue weighted by molar-refractivity contribution is 8.03. The molecule has 0 spiro atoms. The van der Waals surface area contributed by atoms with Crippen LogP contribution in [0.3, 0.4) is 0 Å². The Balaban J connectivity index is 1.79. The van der Waals surface area contributed by atoms with E-state index in [-0.39, 0.29) is 5.91 Å². The third kappa shape index (κ3) is 3.64. The predicted octanol–water partition coefficient (Wildman–Crippen LogP) is 1.92. The molecule has 5 heteroatoms. The third-order valence-corrected chi connectivity index (χ3v) is 4.30. The van der Waals surface area contributed by atoms with Crippen LogP contribution in [-0.4, -0.2) is 48.0 Å². The molecule has 1 heterocycles. The Bertz CT molecular complexity index is 311. The lowest BCUT2D eigenvalue weighted by atomic mass is 10.1. The van der Waals surface area contributed by atoms with Crippen molar-refractivity contribution in [2.45, 2.75) is 25.7 Å². The first-order valence-corrected chi connectivity index (χ1v) is 7.15. The lowest BCUT2D eigenvalue weighted by Crippen LogP contribution is -2.41. The molecule has 0 unspecified atom stereocenters. The summed E-state index contributed by atoms with van der Waals surface area (Å²) in [5.74, 6) is 1.10. The van der Waals surface area contributed by atoms with Gasteiger partial charge in [0.1, 0.15) is 5.76 Å². The van der Waals surface area contributed by atoms with Crippen molar-refractivity contribution in [1.29, 1.82) is 0 Å². The zero-order valence-electron chi connectivity index (χ0n) is 9.98. The Labute approximate surface area is 106 Å². The van der Waals surface area contributed by atoms with Crippen LogP contribution in [0.15, 0.2) is 10.7 Å². The number of ether oxygens (including phenoxy) is 1. The van der Waals surface area contributed by atoms with E-state index in [0.29, 0.717) is 37.8 Å². The molecule has 1 fully saturated rings. The van der Waals surface area contributed by atoms with Gasteiger partial charge in [0, 0.05) is 24.4 Å². The van der Waals surface area contributed by atoms with Crippen molar-refractivity contribution < 1.29 is 14.6 Å². The molecule has 96 valence electrons. The Hall–Kier alpha value is -0.680. The second-order valence-electron chi connectivity index (χ2n) is 4.36. The van der Waals surface area contributed by atoms with Crippen LogP contribution in [0.1, 0.15) is 25.7 Å². The Kier molecular flexibility index (Phi) is 4.74. The number of aliphatic hydroxyl groups excluding tert-OH is 1. The maximum Gasteiger partial charge on any atom is 0.233 e. The van der Waals surface area contributed by atoms with Gasteiger partial charge in [0.05, 0.1) is 19.0 Å². The average Bonchev–Trinajstić information content (AvgIpc) is 2.38. The SMILES string of the molecule is O=C(CSC1=C(O)CCCC1)N1CCOCC1. The summed E-state index contributed by atoms with van der Waals surface area (Å²) in [6.45, 7) is 2.68. The molecule has 1 N–H and O–H groups in total. The summed E-state index contributed by atoms with van der Waals surface area (Å²) in [5, 5.41) is 9.71. The van der Waals surface area contributed by atoms with Crippen LogP contribution >= 0.6 is 11.8 Å². The molecular weight excluding hydrogens is 238 g/mol. The van der Waals surface area contributed by atoms with Gasteiger partial charge in [0.25, 0.3) is 0 Å². The van der Waals surface area contributed by atoms with Gasteiger partial charge in [0.15, 0.2) is 0 Å². The molecule has 1 saturated heterocycles. The number of hydrogen-bond donors (Lipinski definition) is 1. The van der Waals surface area contributed by atoms with Gasteiger partial charge in [-0.1, -0.05) is 0 Å². The maximum absolute atomic E-state index is 11.9. The Morgan fingerprint density at radius 1 is 1.29 bits per heavy atom.